The Labute approximate surface area is 213 Å². The van der Waals surface area contributed by atoms with E-state index in [1.807, 2.05) is 13.8 Å². The Bertz CT molecular complexity index is 774. The molecule has 0 radical (unpaired) electrons. The minimum Gasteiger partial charge on any atom is -0.349 e. The van der Waals surface area contributed by atoms with Gasteiger partial charge in [-0.25, -0.2) is 0 Å². The summed E-state index contributed by atoms with van der Waals surface area (Å²) in [6, 6.07) is 11.7. The van der Waals surface area contributed by atoms with Crippen molar-refractivity contribution in [3.05, 3.63) is 48.0 Å². The van der Waals surface area contributed by atoms with Crippen LogP contribution in [0.2, 0.25) is 0 Å². The van der Waals surface area contributed by atoms with Gasteiger partial charge in [-0.15, -0.1) is 0 Å². The molecular formula is C30H47NO4. The van der Waals surface area contributed by atoms with Crippen LogP contribution in [0.15, 0.2) is 42.5 Å². The van der Waals surface area contributed by atoms with E-state index in [0.717, 1.165) is 52.0 Å². The van der Waals surface area contributed by atoms with Crippen LogP contribution in [0.5, 0.6) is 0 Å². The predicted octanol–water partition coefficient (Wildman–Crippen LogP) is 6.61. The van der Waals surface area contributed by atoms with Gasteiger partial charge in [-0.3, -0.25) is 4.90 Å². The first-order chi connectivity index (χ1) is 17.0. The number of fused-ring (bicyclic) bond motifs is 1. The Balaban J connectivity index is 1.21. The number of hydrogen-bond donors (Lipinski definition) is 0. The third-order valence-corrected chi connectivity index (χ3v) is 7.96. The van der Waals surface area contributed by atoms with E-state index in [4.69, 9.17) is 18.9 Å². The van der Waals surface area contributed by atoms with Gasteiger partial charge in [0.2, 0.25) is 0 Å². The maximum atomic E-state index is 6.33. The summed E-state index contributed by atoms with van der Waals surface area (Å²) in [6.45, 7) is 9.46. The highest BCUT2D eigenvalue weighted by atomic mass is 16.7. The molecule has 1 aromatic rings. The summed E-state index contributed by atoms with van der Waals surface area (Å²) >= 11 is 0. The molecule has 3 aliphatic heterocycles. The zero-order valence-corrected chi connectivity index (χ0v) is 22.3. The molecule has 35 heavy (non-hydrogen) atoms. The van der Waals surface area contributed by atoms with Crippen molar-refractivity contribution >= 4 is 0 Å². The number of rotatable bonds is 12. The summed E-state index contributed by atoms with van der Waals surface area (Å²) in [5.74, 6) is -0.755. The molecule has 0 aromatic heterocycles. The van der Waals surface area contributed by atoms with Crippen LogP contribution in [0, 0.1) is 0 Å². The maximum absolute atomic E-state index is 6.33. The molecule has 3 heterocycles. The fourth-order valence-electron chi connectivity index (χ4n) is 5.92. The molecule has 0 amide bonds. The van der Waals surface area contributed by atoms with E-state index < -0.39 is 5.79 Å². The van der Waals surface area contributed by atoms with Gasteiger partial charge in [0.1, 0.15) is 0 Å². The van der Waals surface area contributed by atoms with Crippen LogP contribution < -0.4 is 0 Å². The van der Waals surface area contributed by atoms with Crippen LogP contribution in [0.4, 0.5) is 0 Å². The topological polar surface area (TPSA) is 40.2 Å². The number of hydrogen-bond acceptors (Lipinski definition) is 5. The monoisotopic (exact) mass is 485 g/mol. The van der Waals surface area contributed by atoms with Gasteiger partial charge < -0.3 is 18.9 Å². The number of ether oxygens (including phenoxy) is 4. The largest absolute Gasteiger partial charge is 0.349 e. The second kappa shape index (κ2) is 12.8. The van der Waals surface area contributed by atoms with Gasteiger partial charge in [-0.1, -0.05) is 62.2 Å². The van der Waals surface area contributed by atoms with Crippen LogP contribution in [0.3, 0.4) is 0 Å². The molecule has 4 rings (SSSR count). The Kier molecular flexibility index (Phi) is 9.83. The Morgan fingerprint density at radius 1 is 0.943 bits per heavy atom. The molecule has 0 N–H and O–H groups in total. The summed E-state index contributed by atoms with van der Waals surface area (Å²) in [5, 5.41) is 0. The Hall–Kier alpha value is -1.24. The van der Waals surface area contributed by atoms with Crippen LogP contribution in [-0.2, 0) is 25.5 Å². The molecule has 3 aliphatic rings. The van der Waals surface area contributed by atoms with Gasteiger partial charge in [0.15, 0.2) is 11.6 Å². The molecular weight excluding hydrogens is 438 g/mol. The first-order valence-electron chi connectivity index (χ1n) is 14.0. The minimum atomic E-state index is -0.472. The normalized spacial score (nSPS) is 28.4. The smallest absolute Gasteiger partial charge is 0.168 e. The standard InChI is InChI=1S/C30H47NO4/c1-4-30(32-21-22-33-30)20-14-9-7-5-6-8-13-17-26-18-19-28-27(24-34-29(2,3)35-28)31(26)23-25-15-11-10-12-16-25/h8,10-13,15-16,26-28H,4-7,9,14,17-24H2,1-3H3/b13-8+/t26-,27+,28-/m1/s1. The summed E-state index contributed by atoms with van der Waals surface area (Å²) in [6.07, 6.45) is 16.6. The molecule has 3 atom stereocenters. The zero-order chi connectivity index (χ0) is 24.6. The van der Waals surface area contributed by atoms with Gasteiger partial charge in [0.25, 0.3) is 0 Å². The van der Waals surface area contributed by atoms with Gasteiger partial charge in [-0.05, 0) is 64.4 Å². The Morgan fingerprint density at radius 2 is 1.71 bits per heavy atom. The summed E-state index contributed by atoms with van der Waals surface area (Å²) in [7, 11) is 0. The van der Waals surface area contributed by atoms with Crippen molar-refractivity contribution in [2.45, 2.75) is 121 Å². The van der Waals surface area contributed by atoms with Crippen molar-refractivity contribution in [3.8, 4) is 0 Å². The first-order valence-corrected chi connectivity index (χ1v) is 14.0. The number of nitrogens with zero attached hydrogens (tertiary/aromatic N) is 1. The molecule has 0 unspecified atom stereocenters. The molecule has 0 saturated carbocycles. The van der Waals surface area contributed by atoms with Gasteiger partial charge in [-0.2, -0.15) is 0 Å². The zero-order valence-electron chi connectivity index (χ0n) is 22.3. The van der Waals surface area contributed by atoms with E-state index in [-0.39, 0.29) is 11.9 Å². The fourth-order valence-corrected chi connectivity index (χ4v) is 5.92. The van der Waals surface area contributed by atoms with Gasteiger partial charge >= 0.3 is 0 Å². The van der Waals surface area contributed by atoms with Crippen molar-refractivity contribution < 1.29 is 18.9 Å². The second-order valence-corrected chi connectivity index (χ2v) is 10.9. The number of likely N-dealkylation sites (tertiary alicyclic amines) is 1. The third-order valence-electron chi connectivity index (χ3n) is 7.96. The molecule has 3 saturated heterocycles. The van der Waals surface area contributed by atoms with Crippen molar-refractivity contribution in [2.24, 2.45) is 0 Å². The number of benzene rings is 1. The quantitative estimate of drug-likeness (QED) is 0.246. The van der Waals surface area contributed by atoms with E-state index in [0.29, 0.717) is 12.1 Å². The molecule has 196 valence electrons. The van der Waals surface area contributed by atoms with Gasteiger partial charge in [0.05, 0.1) is 32.0 Å². The number of unbranched alkanes of at least 4 members (excludes halogenated alkanes) is 4. The van der Waals surface area contributed by atoms with E-state index in [1.54, 1.807) is 0 Å². The van der Waals surface area contributed by atoms with E-state index in [9.17, 15) is 0 Å². The Morgan fingerprint density at radius 3 is 2.49 bits per heavy atom. The first kappa shape index (κ1) is 26.8. The van der Waals surface area contributed by atoms with Crippen molar-refractivity contribution in [1.29, 1.82) is 0 Å². The van der Waals surface area contributed by atoms with Crippen LogP contribution in [0.25, 0.3) is 0 Å². The molecule has 5 nitrogen and oxygen atoms in total. The molecule has 3 fully saturated rings. The predicted molar refractivity (Wildman–Crippen MR) is 140 cm³/mol. The summed E-state index contributed by atoms with van der Waals surface area (Å²) in [5.41, 5.74) is 1.37. The average Bonchev–Trinajstić information content (AvgIpc) is 3.33. The average molecular weight is 486 g/mol. The molecule has 0 aliphatic carbocycles. The summed E-state index contributed by atoms with van der Waals surface area (Å²) < 4.78 is 24.1. The van der Waals surface area contributed by atoms with E-state index >= 15 is 0 Å². The highest BCUT2D eigenvalue weighted by Crippen LogP contribution is 2.36. The van der Waals surface area contributed by atoms with Crippen LogP contribution in [0.1, 0.15) is 90.5 Å². The van der Waals surface area contributed by atoms with Crippen molar-refractivity contribution in [2.75, 3.05) is 19.8 Å². The van der Waals surface area contributed by atoms with Crippen molar-refractivity contribution in [1.82, 2.24) is 4.90 Å². The fraction of sp³-hybridized carbons (Fsp3) is 0.733. The second-order valence-electron chi connectivity index (χ2n) is 10.9. The number of piperidine rings is 1. The lowest BCUT2D eigenvalue weighted by molar-refractivity contribution is -0.305. The lowest BCUT2D eigenvalue weighted by Gasteiger charge is -2.51. The van der Waals surface area contributed by atoms with E-state index in [2.05, 4.69) is 54.3 Å². The summed E-state index contributed by atoms with van der Waals surface area (Å²) in [4.78, 5) is 2.65. The highest BCUT2D eigenvalue weighted by molar-refractivity contribution is 5.15. The lowest BCUT2D eigenvalue weighted by Crippen LogP contribution is -2.61. The van der Waals surface area contributed by atoms with Crippen LogP contribution in [-0.4, -0.2) is 54.5 Å². The lowest BCUT2D eigenvalue weighted by atomic mass is 9.89. The van der Waals surface area contributed by atoms with Crippen LogP contribution >= 0.6 is 0 Å². The maximum Gasteiger partial charge on any atom is 0.168 e. The van der Waals surface area contributed by atoms with Gasteiger partial charge in [0, 0.05) is 19.0 Å². The SMILES string of the molecule is CCC1(CCCCCC/C=C/C[C@@H]2CC[C@H]3OC(C)(C)OC[C@@H]3N2Cc2ccccc2)OCCO1. The minimum absolute atomic E-state index is 0.259. The van der Waals surface area contributed by atoms with E-state index in [1.165, 1.54) is 44.1 Å². The number of allylic oxidation sites excluding steroid dienone is 1. The molecule has 5 heteroatoms. The van der Waals surface area contributed by atoms with Crippen molar-refractivity contribution in [3.63, 3.8) is 0 Å². The molecule has 1 aromatic carbocycles. The highest BCUT2D eigenvalue weighted by Gasteiger charge is 2.44. The third kappa shape index (κ3) is 7.62. The molecule has 0 spiro atoms. The molecule has 0 bridgehead atoms.